The van der Waals surface area contributed by atoms with Gasteiger partial charge in [0.15, 0.2) is 0 Å². The van der Waals surface area contributed by atoms with E-state index >= 15 is 0 Å². The van der Waals surface area contributed by atoms with Gasteiger partial charge in [0.1, 0.15) is 6.61 Å². The van der Waals surface area contributed by atoms with Crippen LogP contribution in [0, 0.1) is 6.61 Å². The van der Waals surface area contributed by atoms with Crippen molar-refractivity contribution in [2.24, 2.45) is 0 Å². The van der Waals surface area contributed by atoms with E-state index in [9.17, 15) is 4.79 Å². The van der Waals surface area contributed by atoms with E-state index in [0.29, 0.717) is 0 Å². The second kappa shape index (κ2) is 9.56. The Bertz CT molecular complexity index is 121. The van der Waals surface area contributed by atoms with Crippen LogP contribution in [-0.2, 0) is 9.53 Å². The van der Waals surface area contributed by atoms with Gasteiger partial charge in [0.05, 0.1) is 0 Å². The minimum atomic E-state index is -0.217. The molecule has 2 nitrogen and oxygen atoms in total. The van der Waals surface area contributed by atoms with Crippen molar-refractivity contribution in [2.45, 2.75) is 58.8 Å². The number of carbonyl (C=O) groups is 1. The SMILES string of the molecule is CCCCCCCC[CH]OC(C)=O. The Balaban J connectivity index is 2.87. The highest BCUT2D eigenvalue weighted by molar-refractivity contribution is 5.66. The highest BCUT2D eigenvalue weighted by Crippen LogP contribution is 2.07. The third-order valence-corrected chi connectivity index (χ3v) is 1.92. The summed E-state index contributed by atoms with van der Waals surface area (Å²) in [5.74, 6) is -0.217. The molecule has 0 atom stereocenters. The molecular formula is C11H21O2. The first-order valence-electron chi connectivity index (χ1n) is 5.26. The van der Waals surface area contributed by atoms with Gasteiger partial charge in [-0.25, -0.2) is 0 Å². The Hall–Kier alpha value is -0.530. The molecule has 0 aliphatic heterocycles. The normalized spacial score (nSPS) is 10.0. The molecule has 0 spiro atoms. The van der Waals surface area contributed by atoms with E-state index in [2.05, 4.69) is 6.92 Å². The average Bonchev–Trinajstić information content (AvgIpc) is 2.09. The topological polar surface area (TPSA) is 26.3 Å². The van der Waals surface area contributed by atoms with Gasteiger partial charge < -0.3 is 4.74 Å². The number of unbranched alkanes of at least 4 members (excludes halogenated alkanes) is 6. The van der Waals surface area contributed by atoms with E-state index < -0.39 is 0 Å². The molecule has 0 fully saturated rings. The number of hydrogen-bond donors (Lipinski definition) is 0. The van der Waals surface area contributed by atoms with Crippen LogP contribution in [0.25, 0.3) is 0 Å². The molecule has 0 aliphatic rings. The smallest absolute Gasteiger partial charge is 0.303 e. The number of hydrogen-bond acceptors (Lipinski definition) is 2. The first kappa shape index (κ1) is 12.5. The zero-order valence-corrected chi connectivity index (χ0v) is 8.84. The molecule has 0 saturated carbocycles. The number of esters is 1. The molecule has 77 valence electrons. The Kier molecular flexibility index (Phi) is 9.17. The molecule has 0 amide bonds. The Morgan fingerprint density at radius 3 is 2.38 bits per heavy atom. The second-order valence-electron chi connectivity index (χ2n) is 3.33. The van der Waals surface area contributed by atoms with E-state index in [-0.39, 0.29) is 5.97 Å². The minimum Gasteiger partial charge on any atom is -0.459 e. The summed E-state index contributed by atoms with van der Waals surface area (Å²) in [7, 11) is 0. The summed E-state index contributed by atoms with van der Waals surface area (Å²) in [6.07, 6.45) is 8.56. The molecule has 1 radical (unpaired) electrons. The zero-order valence-electron chi connectivity index (χ0n) is 8.84. The van der Waals surface area contributed by atoms with E-state index in [1.165, 1.54) is 39.0 Å². The summed E-state index contributed by atoms with van der Waals surface area (Å²) in [6, 6.07) is 0. The van der Waals surface area contributed by atoms with Crippen LogP contribution in [0.15, 0.2) is 0 Å². The van der Waals surface area contributed by atoms with E-state index in [0.717, 1.165) is 12.8 Å². The zero-order chi connectivity index (χ0) is 9.94. The minimum absolute atomic E-state index is 0.217. The summed E-state index contributed by atoms with van der Waals surface area (Å²) in [4.78, 5) is 10.4. The summed E-state index contributed by atoms with van der Waals surface area (Å²) in [6.45, 7) is 5.26. The van der Waals surface area contributed by atoms with Gasteiger partial charge in [0.25, 0.3) is 0 Å². The van der Waals surface area contributed by atoms with Gasteiger partial charge >= 0.3 is 5.97 Å². The number of rotatable bonds is 8. The largest absolute Gasteiger partial charge is 0.459 e. The standard InChI is InChI=1S/C11H21O2/c1-3-4-5-6-7-8-9-10-13-11(2)12/h10H,3-9H2,1-2H3. The number of carbonyl (C=O) groups excluding carboxylic acids is 1. The van der Waals surface area contributed by atoms with Gasteiger partial charge in [-0.05, 0) is 12.8 Å². The molecule has 0 heterocycles. The van der Waals surface area contributed by atoms with Crippen molar-refractivity contribution in [3.8, 4) is 0 Å². The molecule has 0 rings (SSSR count). The van der Waals surface area contributed by atoms with Gasteiger partial charge in [-0.2, -0.15) is 0 Å². The van der Waals surface area contributed by atoms with Crippen molar-refractivity contribution in [1.29, 1.82) is 0 Å². The van der Waals surface area contributed by atoms with Crippen molar-refractivity contribution < 1.29 is 9.53 Å². The first-order chi connectivity index (χ1) is 6.27. The predicted octanol–water partition coefficient (Wildman–Crippen LogP) is 3.46. The Labute approximate surface area is 81.7 Å². The molecule has 13 heavy (non-hydrogen) atoms. The average molecular weight is 185 g/mol. The van der Waals surface area contributed by atoms with Gasteiger partial charge in [0.2, 0.25) is 0 Å². The third-order valence-electron chi connectivity index (χ3n) is 1.92. The lowest BCUT2D eigenvalue weighted by atomic mass is 10.1. The molecule has 0 unspecified atom stereocenters. The first-order valence-corrected chi connectivity index (χ1v) is 5.26. The van der Waals surface area contributed by atoms with Gasteiger partial charge in [-0.15, -0.1) is 0 Å². The van der Waals surface area contributed by atoms with Crippen molar-refractivity contribution >= 4 is 5.97 Å². The highest BCUT2D eigenvalue weighted by atomic mass is 16.5. The molecule has 0 aliphatic carbocycles. The fraction of sp³-hybridized carbons (Fsp3) is 0.818. The van der Waals surface area contributed by atoms with Crippen LogP contribution in [0.1, 0.15) is 58.8 Å². The van der Waals surface area contributed by atoms with Crippen molar-refractivity contribution in [3.63, 3.8) is 0 Å². The highest BCUT2D eigenvalue weighted by Gasteiger charge is 1.94. The fourth-order valence-corrected chi connectivity index (χ4v) is 1.18. The quantitative estimate of drug-likeness (QED) is 0.427. The predicted molar refractivity (Wildman–Crippen MR) is 54.1 cm³/mol. The van der Waals surface area contributed by atoms with Crippen molar-refractivity contribution in [2.75, 3.05) is 0 Å². The van der Waals surface area contributed by atoms with Crippen LogP contribution in [-0.4, -0.2) is 5.97 Å². The molecule has 0 aromatic rings. The second-order valence-corrected chi connectivity index (χ2v) is 3.33. The molecular weight excluding hydrogens is 164 g/mol. The molecule has 0 saturated heterocycles. The lowest BCUT2D eigenvalue weighted by molar-refractivity contribution is -0.137. The Morgan fingerprint density at radius 1 is 1.15 bits per heavy atom. The summed E-state index contributed by atoms with van der Waals surface area (Å²) in [5.41, 5.74) is 0. The molecule has 0 bridgehead atoms. The molecule has 0 aromatic heterocycles. The van der Waals surface area contributed by atoms with Crippen molar-refractivity contribution in [3.05, 3.63) is 6.61 Å². The maximum absolute atomic E-state index is 10.4. The van der Waals surface area contributed by atoms with Gasteiger partial charge in [0, 0.05) is 6.92 Å². The van der Waals surface area contributed by atoms with E-state index in [4.69, 9.17) is 4.74 Å². The van der Waals surface area contributed by atoms with Crippen LogP contribution >= 0.6 is 0 Å². The fourth-order valence-electron chi connectivity index (χ4n) is 1.18. The number of ether oxygens (including phenoxy) is 1. The molecule has 0 aromatic carbocycles. The summed E-state index contributed by atoms with van der Waals surface area (Å²) < 4.78 is 4.71. The van der Waals surface area contributed by atoms with Crippen LogP contribution in [0.3, 0.4) is 0 Å². The van der Waals surface area contributed by atoms with Crippen molar-refractivity contribution in [1.82, 2.24) is 0 Å². The van der Waals surface area contributed by atoms with Crippen LogP contribution in [0.2, 0.25) is 0 Å². The van der Waals surface area contributed by atoms with Gasteiger partial charge in [-0.3, -0.25) is 4.79 Å². The monoisotopic (exact) mass is 185 g/mol. The maximum atomic E-state index is 10.4. The Morgan fingerprint density at radius 2 is 1.77 bits per heavy atom. The van der Waals surface area contributed by atoms with E-state index in [1.807, 2.05) is 0 Å². The van der Waals surface area contributed by atoms with Crippen LogP contribution < -0.4 is 0 Å². The summed E-state index contributed by atoms with van der Waals surface area (Å²) in [5, 5.41) is 0. The van der Waals surface area contributed by atoms with Gasteiger partial charge in [-0.1, -0.05) is 39.0 Å². The lowest BCUT2D eigenvalue weighted by Crippen LogP contribution is -1.94. The summed E-state index contributed by atoms with van der Waals surface area (Å²) >= 11 is 0. The van der Waals surface area contributed by atoms with Crippen LogP contribution in [0.4, 0.5) is 0 Å². The maximum Gasteiger partial charge on any atom is 0.303 e. The lowest BCUT2D eigenvalue weighted by Gasteiger charge is -2.00. The third kappa shape index (κ3) is 11.5. The van der Waals surface area contributed by atoms with Crippen LogP contribution in [0.5, 0.6) is 0 Å². The molecule has 2 heteroatoms. The molecule has 0 N–H and O–H groups in total. The van der Waals surface area contributed by atoms with E-state index in [1.54, 1.807) is 6.61 Å².